The van der Waals surface area contributed by atoms with Crippen LogP contribution < -0.4 is 20.7 Å². The van der Waals surface area contributed by atoms with Gasteiger partial charge in [0.15, 0.2) is 0 Å². The van der Waals surface area contributed by atoms with E-state index in [1.807, 2.05) is 42.5 Å². The number of rotatable bonds is 5. The van der Waals surface area contributed by atoms with Gasteiger partial charge in [-0.3, -0.25) is 4.99 Å². The maximum absolute atomic E-state index is 13.9. The summed E-state index contributed by atoms with van der Waals surface area (Å²) in [6.45, 7) is 1.91. The third kappa shape index (κ3) is 4.72. The van der Waals surface area contributed by atoms with Gasteiger partial charge < -0.3 is 19.9 Å². The lowest BCUT2D eigenvalue weighted by atomic mass is 10.1. The Hall–Kier alpha value is -4.04. The number of anilines is 2. The van der Waals surface area contributed by atoms with Gasteiger partial charge in [0.2, 0.25) is 5.88 Å². The van der Waals surface area contributed by atoms with Gasteiger partial charge in [0, 0.05) is 18.3 Å². The van der Waals surface area contributed by atoms with E-state index in [1.54, 1.807) is 19.4 Å². The van der Waals surface area contributed by atoms with Crippen molar-refractivity contribution in [2.24, 2.45) is 4.99 Å². The number of halogens is 1. The van der Waals surface area contributed by atoms with Crippen molar-refractivity contribution in [2.75, 3.05) is 25.5 Å². The predicted molar refractivity (Wildman–Crippen MR) is 145 cm³/mol. The molecule has 1 aromatic heterocycles. The molecule has 4 aliphatic rings. The van der Waals surface area contributed by atoms with Crippen molar-refractivity contribution in [2.45, 2.75) is 31.7 Å². The van der Waals surface area contributed by atoms with E-state index in [1.165, 1.54) is 0 Å². The summed E-state index contributed by atoms with van der Waals surface area (Å²) in [6, 6.07) is 16.3. The van der Waals surface area contributed by atoms with Gasteiger partial charge in [-0.1, -0.05) is 12.1 Å². The molecule has 6 rings (SSSR count). The molecule has 37 heavy (non-hydrogen) atoms. The molecule has 1 aromatic carbocycles. The Bertz CT molecular complexity index is 1550. The number of para-hydroxylation sites is 2. The van der Waals surface area contributed by atoms with Gasteiger partial charge in [0.25, 0.3) is 0 Å². The number of benzene rings is 2. The molecule has 3 heterocycles. The van der Waals surface area contributed by atoms with Gasteiger partial charge in [0.1, 0.15) is 11.5 Å². The van der Waals surface area contributed by atoms with Crippen LogP contribution >= 0.6 is 0 Å². The standard InChI is InChI=1S/C29H29FN6O/c1-37-29-23(6-4-14-32-29)35-24-17-26-28(18-25(24)33-20-12-15-31-16-13-20)36(21-10-8-19(30)9-11-21)27-7-3-2-5-22(27)34-26/h2-8,10,14,17-18,20,31,35H,9,11-13,15-16H2,1H3/b33-25+. The zero-order chi connectivity index (χ0) is 25.2. The van der Waals surface area contributed by atoms with Crippen molar-refractivity contribution < 1.29 is 9.13 Å². The molecule has 2 N–H and O–H groups in total. The highest BCUT2D eigenvalue weighted by molar-refractivity contribution is 5.86. The summed E-state index contributed by atoms with van der Waals surface area (Å²) >= 11 is 0. The molecule has 0 saturated carbocycles. The summed E-state index contributed by atoms with van der Waals surface area (Å²) in [4.78, 5) is 14.5. The lowest BCUT2D eigenvalue weighted by molar-refractivity contribution is 0.400. The van der Waals surface area contributed by atoms with Crippen LogP contribution in [0.15, 0.2) is 77.7 Å². The minimum Gasteiger partial charge on any atom is -0.480 e. The molecule has 0 amide bonds. The van der Waals surface area contributed by atoms with Crippen molar-refractivity contribution >= 4 is 28.1 Å². The zero-order valence-corrected chi connectivity index (χ0v) is 20.7. The quantitative estimate of drug-likeness (QED) is 0.361. The summed E-state index contributed by atoms with van der Waals surface area (Å²) in [5.41, 5.74) is 6.26. The fraction of sp³-hybridized carbons (Fsp3) is 0.276. The van der Waals surface area contributed by atoms with Crippen LogP contribution in [0.25, 0.3) is 28.1 Å². The van der Waals surface area contributed by atoms with Gasteiger partial charge in [-0.2, -0.15) is 0 Å². The molecule has 8 heteroatoms. The molecule has 0 bridgehead atoms. The van der Waals surface area contributed by atoms with Crippen LogP contribution in [-0.4, -0.2) is 40.8 Å². The summed E-state index contributed by atoms with van der Waals surface area (Å²) in [6.07, 6.45) is 8.13. The van der Waals surface area contributed by atoms with Gasteiger partial charge in [0.05, 0.1) is 46.6 Å². The summed E-state index contributed by atoms with van der Waals surface area (Å²) in [7, 11) is 1.61. The lowest BCUT2D eigenvalue weighted by Crippen LogP contribution is -2.31. The first-order valence-corrected chi connectivity index (χ1v) is 12.7. The predicted octanol–water partition coefficient (Wildman–Crippen LogP) is 5.43. The molecule has 188 valence electrons. The normalized spacial score (nSPS) is 17.1. The first-order valence-electron chi connectivity index (χ1n) is 12.7. The molecular formula is C29H29FN6O. The fourth-order valence-corrected chi connectivity index (χ4v) is 5.07. The smallest absolute Gasteiger partial charge is 0.237 e. The number of nitrogens with one attached hydrogen (secondary N) is 2. The fourth-order valence-electron chi connectivity index (χ4n) is 5.07. The third-order valence-corrected chi connectivity index (χ3v) is 6.93. The van der Waals surface area contributed by atoms with Crippen LogP contribution in [0.3, 0.4) is 0 Å². The number of piperidine rings is 1. The molecule has 1 fully saturated rings. The van der Waals surface area contributed by atoms with Gasteiger partial charge in [-0.25, -0.2) is 14.4 Å². The van der Waals surface area contributed by atoms with Crippen molar-refractivity contribution in [3.63, 3.8) is 0 Å². The van der Waals surface area contributed by atoms with E-state index in [0.29, 0.717) is 18.7 Å². The van der Waals surface area contributed by atoms with Crippen molar-refractivity contribution in [3.05, 3.63) is 78.1 Å². The molecule has 0 spiro atoms. The van der Waals surface area contributed by atoms with E-state index >= 15 is 0 Å². The van der Waals surface area contributed by atoms with Crippen LogP contribution in [-0.2, 0) is 0 Å². The molecule has 0 radical (unpaired) electrons. The van der Waals surface area contributed by atoms with Crippen LogP contribution in [0, 0.1) is 0 Å². The molecule has 2 aromatic rings. The van der Waals surface area contributed by atoms with Gasteiger partial charge >= 0.3 is 0 Å². The van der Waals surface area contributed by atoms with E-state index in [2.05, 4.69) is 32.3 Å². The Morgan fingerprint density at radius 2 is 1.92 bits per heavy atom. The van der Waals surface area contributed by atoms with Crippen molar-refractivity contribution in [1.29, 1.82) is 0 Å². The molecule has 0 unspecified atom stereocenters. The molecule has 1 saturated heterocycles. The number of allylic oxidation sites excluding steroid dienone is 4. The Kier molecular flexibility index (Phi) is 6.40. The maximum Gasteiger partial charge on any atom is 0.237 e. The second-order valence-corrected chi connectivity index (χ2v) is 9.36. The highest BCUT2D eigenvalue weighted by Crippen LogP contribution is 2.34. The minimum absolute atomic E-state index is 0.0921. The largest absolute Gasteiger partial charge is 0.480 e. The maximum atomic E-state index is 13.9. The van der Waals surface area contributed by atoms with E-state index in [0.717, 1.165) is 70.8 Å². The second kappa shape index (κ2) is 10.1. The number of pyridine rings is 1. The second-order valence-electron chi connectivity index (χ2n) is 9.36. The van der Waals surface area contributed by atoms with Crippen molar-refractivity contribution in [3.8, 4) is 17.3 Å². The van der Waals surface area contributed by atoms with Crippen LogP contribution in [0.5, 0.6) is 5.88 Å². The summed E-state index contributed by atoms with van der Waals surface area (Å²) < 4.78 is 21.6. The van der Waals surface area contributed by atoms with E-state index in [4.69, 9.17) is 14.7 Å². The lowest BCUT2D eigenvalue weighted by Gasteiger charge is -2.24. The topological polar surface area (TPSA) is 76.4 Å². The number of methoxy groups -OCH3 is 1. The Labute approximate surface area is 214 Å². The Morgan fingerprint density at radius 3 is 2.73 bits per heavy atom. The van der Waals surface area contributed by atoms with Crippen LogP contribution in [0.2, 0.25) is 0 Å². The van der Waals surface area contributed by atoms with Gasteiger partial charge in [-0.15, -0.1) is 0 Å². The molecule has 7 nitrogen and oxygen atoms in total. The summed E-state index contributed by atoms with van der Waals surface area (Å²) in [5.74, 6) is 0.420. The molecule has 2 aliphatic carbocycles. The Morgan fingerprint density at radius 1 is 1.05 bits per heavy atom. The van der Waals surface area contributed by atoms with Gasteiger partial charge in [-0.05, 0) is 80.9 Å². The average molecular weight is 497 g/mol. The number of nitrogens with zero attached hydrogens (tertiary/aromatic N) is 4. The monoisotopic (exact) mass is 496 g/mol. The van der Waals surface area contributed by atoms with Crippen molar-refractivity contribution in [1.82, 2.24) is 19.9 Å². The number of aromatic nitrogens is 3. The third-order valence-electron chi connectivity index (χ3n) is 6.93. The zero-order valence-electron chi connectivity index (χ0n) is 20.7. The Balaban J connectivity index is 1.60. The average Bonchev–Trinajstić information content (AvgIpc) is 2.94. The molecule has 2 aliphatic heterocycles. The first kappa shape index (κ1) is 23.4. The minimum atomic E-state index is -0.0921. The number of ether oxygens (including phenoxy) is 1. The SMILES string of the molecule is COc1ncccc1Nc1cc2nc3ccccc3n(C3=CC=C(F)CC3)c-2c/c1=N\C1CCNCC1. The summed E-state index contributed by atoms with van der Waals surface area (Å²) in [5, 5.41) is 7.78. The highest BCUT2D eigenvalue weighted by Gasteiger charge is 2.20. The van der Waals surface area contributed by atoms with Crippen LogP contribution in [0.1, 0.15) is 25.7 Å². The van der Waals surface area contributed by atoms with Crippen LogP contribution in [0.4, 0.5) is 15.8 Å². The number of fused-ring (bicyclic) bond motifs is 2. The molecule has 0 atom stereocenters. The molecular weight excluding hydrogens is 467 g/mol. The highest BCUT2D eigenvalue weighted by atomic mass is 19.1. The number of hydrogen-bond acceptors (Lipinski definition) is 6. The number of hydrogen-bond donors (Lipinski definition) is 2. The van der Waals surface area contributed by atoms with E-state index in [9.17, 15) is 4.39 Å². The first-order chi connectivity index (χ1) is 18.2. The van der Waals surface area contributed by atoms with E-state index in [-0.39, 0.29) is 11.9 Å². The van der Waals surface area contributed by atoms with E-state index < -0.39 is 0 Å².